The number of aliphatic carboxylic acids is 1. The van der Waals surface area contributed by atoms with Gasteiger partial charge in [-0.15, -0.1) is 0 Å². The normalized spacial score (nSPS) is 23.7. The van der Waals surface area contributed by atoms with E-state index in [9.17, 15) is 9.90 Å². The molecule has 0 unspecified atom stereocenters. The lowest BCUT2D eigenvalue weighted by Gasteiger charge is -2.36. The molecule has 1 heterocycles. The molecule has 0 bridgehead atoms. The summed E-state index contributed by atoms with van der Waals surface area (Å²) in [6, 6.07) is -0.347. The van der Waals surface area contributed by atoms with E-state index in [1.54, 1.807) is 0 Å². The van der Waals surface area contributed by atoms with Crippen LogP contribution < -0.4 is 0 Å². The molecular formula is C11H21NO3. The van der Waals surface area contributed by atoms with Crippen LogP contribution in [0.1, 0.15) is 33.1 Å². The Morgan fingerprint density at radius 1 is 1.47 bits per heavy atom. The predicted octanol–water partition coefficient (Wildman–Crippen LogP) is 0.942. The van der Waals surface area contributed by atoms with Crippen LogP contribution in [0.2, 0.25) is 0 Å². The first kappa shape index (κ1) is 12.5. The smallest absolute Gasteiger partial charge is 0.320 e. The first-order valence-corrected chi connectivity index (χ1v) is 5.71. The number of carbonyl (C=O) groups is 1. The van der Waals surface area contributed by atoms with Crippen molar-refractivity contribution in [3.63, 3.8) is 0 Å². The molecule has 2 N–H and O–H groups in total. The summed E-state index contributed by atoms with van der Waals surface area (Å²) in [5.74, 6) is -0.388. The average Bonchev–Trinajstić information content (AvgIpc) is 2.19. The van der Waals surface area contributed by atoms with Crippen molar-refractivity contribution in [1.82, 2.24) is 4.90 Å². The van der Waals surface area contributed by atoms with E-state index in [2.05, 4.69) is 0 Å². The molecule has 0 saturated carbocycles. The zero-order chi connectivity index (χ0) is 11.4. The molecule has 1 aliphatic rings. The number of carboxylic acid groups (broad SMARTS) is 1. The maximum Gasteiger partial charge on any atom is 0.320 e. The summed E-state index contributed by atoms with van der Waals surface area (Å²) in [5, 5.41) is 18.4. The maximum absolute atomic E-state index is 11.0. The molecule has 0 aliphatic carbocycles. The highest BCUT2D eigenvalue weighted by molar-refractivity contribution is 5.73. The van der Waals surface area contributed by atoms with Gasteiger partial charge < -0.3 is 10.2 Å². The Labute approximate surface area is 90.9 Å². The topological polar surface area (TPSA) is 60.8 Å². The number of hydrogen-bond acceptors (Lipinski definition) is 3. The average molecular weight is 215 g/mol. The highest BCUT2D eigenvalue weighted by atomic mass is 16.4. The first-order valence-electron chi connectivity index (χ1n) is 5.71. The van der Waals surface area contributed by atoms with Gasteiger partial charge in [0.15, 0.2) is 0 Å². The van der Waals surface area contributed by atoms with E-state index in [4.69, 9.17) is 5.11 Å². The van der Waals surface area contributed by atoms with Gasteiger partial charge in [0.1, 0.15) is 6.04 Å². The van der Waals surface area contributed by atoms with E-state index < -0.39 is 5.97 Å². The lowest BCUT2D eigenvalue weighted by atomic mass is 9.91. The molecule has 0 aromatic carbocycles. The van der Waals surface area contributed by atoms with Gasteiger partial charge in [0, 0.05) is 0 Å². The molecule has 0 aromatic heterocycles. The highest BCUT2D eigenvalue weighted by Crippen LogP contribution is 2.22. The second-order valence-electron chi connectivity index (χ2n) is 4.38. The molecule has 1 rings (SSSR count). The molecule has 4 nitrogen and oxygen atoms in total. The molecule has 1 fully saturated rings. The van der Waals surface area contributed by atoms with Crippen molar-refractivity contribution in [1.29, 1.82) is 0 Å². The van der Waals surface area contributed by atoms with Gasteiger partial charge >= 0.3 is 5.97 Å². The van der Waals surface area contributed by atoms with Crippen molar-refractivity contribution in [2.24, 2.45) is 5.92 Å². The number of likely N-dealkylation sites (tertiary alicyclic amines) is 1. The van der Waals surface area contributed by atoms with Crippen LogP contribution >= 0.6 is 0 Å². The van der Waals surface area contributed by atoms with Gasteiger partial charge in [0.05, 0.1) is 6.10 Å². The van der Waals surface area contributed by atoms with Crippen LogP contribution in [-0.2, 0) is 4.79 Å². The molecule has 2 atom stereocenters. The van der Waals surface area contributed by atoms with Gasteiger partial charge in [-0.25, -0.2) is 0 Å². The van der Waals surface area contributed by atoms with Crippen LogP contribution in [-0.4, -0.2) is 46.3 Å². The number of rotatable bonds is 4. The Morgan fingerprint density at radius 2 is 2.00 bits per heavy atom. The minimum Gasteiger partial charge on any atom is -0.480 e. The van der Waals surface area contributed by atoms with Crippen molar-refractivity contribution in [3.8, 4) is 0 Å². The van der Waals surface area contributed by atoms with Gasteiger partial charge in [-0.1, -0.05) is 6.92 Å². The van der Waals surface area contributed by atoms with Crippen molar-refractivity contribution >= 4 is 5.97 Å². The Hall–Kier alpha value is -0.610. The van der Waals surface area contributed by atoms with E-state index in [1.807, 2.05) is 18.7 Å². The molecule has 0 radical (unpaired) electrons. The van der Waals surface area contributed by atoms with Crippen LogP contribution in [0.4, 0.5) is 0 Å². The molecule has 0 amide bonds. The Morgan fingerprint density at radius 3 is 2.33 bits per heavy atom. The number of aliphatic hydroxyl groups is 1. The first-order chi connectivity index (χ1) is 7.06. The number of hydrogen-bond donors (Lipinski definition) is 2. The summed E-state index contributed by atoms with van der Waals surface area (Å²) < 4.78 is 0. The standard InChI is InChI=1S/C11H21NO3/c1-3-10(11(14)15)12-6-4-9(5-7-12)8(2)13/h8-10,13H,3-7H2,1-2H3,(H,14,15)/t8-,10-/m1/s1. The van der Waals surface area contributed by atoms with Gasteiger partial charge in [-0.2, -0.15) is 0 Å². The third-order valence-corrected chi connectivity index (χ3v) is 3.37. The fourth-order valence-electron chi connectivity index (χ4n) is 2.30. The van der Waals surface area contributed by atoms with Crippen molar-refractivity contribution in [2.45, 2.75) is 45.3 Å². The van der Waals surface area contributed by atoms with Gasteiger partial charge in [-0.05, 0) is 45.2 Å². The summed E-state index contributed by atoms with van der Waals surface area (Å²) in [6.07, 6.45) is 2.19. The Kier molecular flexibility index (Phi) is 4.54. The molecule has 4 heteroatoms. The van der Waals surface area contributed by atoms with Gasteiger partial charge in [-0.3, -0.25) is 9.69 Å². The lowest BCUT2D eigenvalue weighted by Crippen LogP contribution is -2.46. The van der Waals surface area contributed by atoms with E-state index in [0.717, 1.165) is 25.9 Å². The van der Waals surface area contributed by atoms with E-state index >= 15 is 0 Å². The highest BCUT2D eigenvalue weighted by Gasteiger charge is 2.29. The SMILES string of the molecule is CC[C@H](C(=O)O)N1CCC([C@@H](C)O)CC1. The number of piperidine rings is 1. The minimum atomic E-state index is -0.729. The quantitative estimate of drug-likeness (QED) is 0.732. The molecule has 1 saturated heterocycles. The summed E-state index contributed by atoms with van der Waals surface area (Å²) in [6.45, 7) is 5.30. The van der Waals surface area contributed by atoms with E-state index in [-0.39, 0.29) is 12.1 Å². The lowest BCUT2D eigenvalue weighted by molar-refractivity contribution is -0.144. The van der Waals surface area contributed by atoms with Crippen LogP contribution in [0.15, 0.2) is 0 Å². The molecule has 1 aliphatic heterocycles. The van der Waals surface area contributed by atoms with Crippen LogP contribution in [0.3, 0.4) is 0 Å². The third-order valence-electron chi connectivity index (χ3n) is 3.37. The Bertz CT molecular complexity index is 210. The number of carboxylic acids is 1. The van der Waals surface area contributed by atoms with Gasteiger partial charge in [0.25, 0.3) is 0 Å². The maximum atomic E-state index is 11.0. The third kappa shape index (κ3) is 3.18. The summed E-state index contributed by atoms with van der Waals surface area (Å²) in [5.41, 5.74) is 0. The van der Waals surface area contributed by atoms with Crippen LogP contribution in [0.5, 0.6) is 0 Å². The van der Waals surface area contributed by atoms with Crippen molar-refractivity contribution in [3.05, 3.63) is 0 Å². The monoisotopic (exact) mass is 215 g/mol. The fraction of sp³-hybridized carbons (Fsp3) is 0.909. The largest absolute Gasteiger partial charge is 0.480 e. The molecule has 0 aromatic rings. The number of aliphatic hydroxyl groups excluding tert-OH is 1. The van der Waals surface area contributed by atoms with Crippen LogP contribution in [0.25, 0.3) is 0 Å². The van der Waals surface area contributed by atoms with Crippen molar-refractivity contribution in [2.75, 3.05) is 13.1 Å². The van der Waals surface area contributed by atoms with Crippen molar-refractivity contribution < 1.29 is 15.0 Å². The van der Waals surface area contributed by atoms with E-state index in [1.165, 1.54) is 0 Å². The summed E-state index contributed by atoms with van der Waals surface area (Å²) >= 11 is 0. The molecule has 0 spiro atoms. The zero-order valence-corrected chi connectivity index (χ0v) is 9.52. The van der Waals surface area contributed by atoms with Crippen LogP contribution in [0, 0.1) is 5.92 Å². The minimum absolute atomic E-state index is 0.267. The zero-order valence-electron chi connectivity index (χ0n) is 9.52. The predicted molar refractivity (Wildman–Crippen MR) is 57.7 cm³/mol. The second-order valence-corrected chi connectivity index (χ2v) is 4.38. The second kappa shape index (κ2) is 5.47. The number of nitrogens with zero attached hydrogens (tertiary/aromatic N) is 1. The Balaban J connectivity index is 2.45. The summed E-state index contributed by atoms with van der Waals surface area (Å²) in [7, 11) is 0. The van der Waals surface area contributed by atoms with Gasteiger partial charge in [0.2, 0.25) is 0 Å². The molecular weight excluding hydrogens is 194 g/mol. The molecule has 15 heavy (non-hydrogen) atoms. The fourth-order valence-corrected chi connectivity index (χ4v) is 2.30. The molecule has 88 valence electrons. The van der Waals surface area contributed by atoms with E-state index in [0.29, 0.717) is 12.3 Å². The summed E-state index contributed by atoms with van der Waals surface area (Å²) in [4.78, 5) is 13.0.